The molecule has 1 saturated carbocycles. The molecule has 0 bridgehead atoms. The first-order chi connectivity index (χ1) is 20.9. The van der Waals surface area contributed by atoms with Crippen molar-refractivity contribution >= 4 is 28.8 Å². The maximum atomic E-state index is 12.1. The van der Waals surface area contributed by atoms with E-state index in [0.717, 1.165) is 13.0 Å². The minimum absolute atomic E-state index is 0.0243. The number of carbonyl (C=O) groups is 1. The summed E-state index contributed by atoms with van der Waals surface area (Å²) in [4.78, 5) is 28.6. The number of rotatable bonds is 10. The maximum absolute atomic E-state index is 12.1. The first-order valence-electron chi connectivity index (χ1n) is 14.8. The normalized spacial score (nSPS) is 23.7. The molecule has 0 spiro atoms. The Morgan fingerprint density at radius 3 is 2.35 bits per heavy atom. The van der Waals surface area contributed by atoms with Gasteiger partial charge in [0.15, 0.2) is 17.0 Å². The Morgan fingerprint density at radius 2 is 1.72 bits per heavy atom. The summed E-state index contributed by atoms with van der Waals surface area (Å²) in [5.74, 6) is 0.745. The molecule has 3 heterocycles. The first kappa shape index (κ1) is 29.0. The molecule has 2 aromatic heterocycles. The number of nitrogens with zero attached hydrogens (tertiary/aromatic N) is 5. The molecule has 6 rings (SSSR count). The highest BCUT2D eigenvalue weighted by Crippen LogP contribution is 2.35. The Balaban J connectivity index is 1.34. The van der Waals surface area contributed by atoms with E-state index < -0.39 is 24.3 Å². The molecule has 0 radical (unpaired) electrons. The van der Waals surface area contributed by atoms with Crippen LogP contribution in [0, 0.1) is 0 Å². The van der Waals surface area contributed by atoms with Crippen molar-refractivity contribution in [2.75, 3.05) is 36.5 Å². The van der Waals surface area contributed by atoms with E-state index in [9.17, 15) is 15.0 Å². The fourth-order valence-electron chi connectivity index (χ4n) is 6.19. The van der Waals surface area contributed by atoms with Crippen molar-refractivity contribution < 1.29 is 20.1 Å². The Bertz CT molecular complexity index is 1500. The lowest BCUT2D eigenvalue weighted by Gasteiger charge is -2.22. The van der Waals surface area contributed by atoms with Gasteiger partial charge in [-0.2, -0.15) is 9.97 Å². The molecule has 7 N–H and O–H groups in total. The summed E-state index contributed by atoms with van der Waals surface area (Å²) in [6, 6.07) is 19.4. The van der Waals surface area contributed by atoms with Crippen molar-refractivity contribution in [3.63, 3.8) is 0 Å². The van der Waals surface area contributed by atoms with Crippen LogP contribution in [0.25, 0.3) is 11.2 Å². The number of hydrogen-bond acceptors (Lipinski definition) is 10. The zero-order chi connectivity index (χ0) is 29.9. The lowest BCUT2D eigenvalue weighted by molar-refractivity contribution is -0.123. The molecule has 1 unspecified atom stereocenters. The number of benzene rings is 2. The average molecular weight is 587 g/mol. The summed E-state index contributed by atoms with van der Waals surface area (Å²) in [5, 5.41) is 37.2. The molecule has 1 aliphatic carbocycles. The van der Waals surface area contributed by atoms with E-state index in [2.05, 4.69) is 44.8 Å². The second-order valence-electron chi connectivity index (χ2n) is 11.4. The van der Waals surface area contributed by atoms with E-state index in [1.165, 1.54) is 11.1 Å². The fraction of sp³-hybridized carbons (Fsp3) is 0.419. The van der Waals surface area contributed by atoms with Crippen LogP contribution in [-0.4, -0.2) is 91.3 Å². The van der Waals surface area contributed by atoms with E-state index in [4.69, 9.17) is 20.8 Å². The Hall–Kier alpha value is -4.10. The predicted octanol–water partition coefficient (Wildman–Crippen LogP) is 1.14. The van der Waals surface area contributed by atoms with Crippen LogP contribution < -0.4 is 21.3 Å². The number of aromatic nitrogens is 4. The summed E-state index contributed by atoms with van der Waals surface area (Å²) in [6.07, 6.45) is 0.288. The second kappa shape index (κ2) is 12.6. The molecule has 2 aromatic carbocycles. The average Bonchev–Trinajstić information content (AvgIpc) is 3.72. The molecule has 2 aliphatic rings. The lowest BCUT2D eigenvalue weighted by Crippen LogP contribution is -2.43. The van der Waals surface area contributed by atoms with Crippen LogP contribution in [0.2, 0.25) is 0 Å². The number of carbonyl (C=O) groups excluding carboxylic acids is 1. The van der Waals surface area contributed by atoms with Crippen LogP contribution in [0.15, 0.2) is 67.0 Å². The smallest absolute Gasteiger partial charge is 0.229 e. The number of anilines is 2. The third-order valence-electron chi connectivity index (χ3n) is 8.49. The van der Waals surface area contributed by atoms with Gasteiger partial charge in [0.05, 0.1) is 25.0 Å². The largest absolute Gasteiger partial charge is 0.396 e. The highest BCUT2D eigenvalue weighted by molar-refractivity contribution is 5.84. The van der Waals surface area contributed by atoms with Gasteiger partial charge in [0.2, 0.25) is 11.9 Å². The number of fused-ring (bicyclic) bond motifs is 1. The van der Waals surface area contributed by atoms with E-state index in [1.54, 1.807) is 10.9 Å². The summed E-state index contributed by atoms with van der Waals surface area (Å²) in [7, 11) is 0. The Kier molecular flexibility index (Phi) is 8.52. The Morgan fingerprint density at radius 1 is 1.02 bits per heavy atom. The van der Waals surface area contributed by atoms with Crippen LogP contribution in [0.5, 0.6) is 0 Å². The van der Waals surface area contributed by atoms with Crippen LogP contribution in [-0.2, 0) is 4.79 Å². The number of aliphatic hydroxyl groups excluding tert-OH is 3. The zero-order valence-electron chi connectivity index (χ0n) is 23.8. The van der Waals surface area contributed by atoms with Gasteiger partial charge < -0.3 is 41.2 Å². The number of imidazole rings is 1. The molecule has 226 valence electrons. The summed E-state index contributed by atoms with van der Waals surface area (Å²) in [6.45, 7) is 1.60. The third-order valence-corrected chi connectivity index (χ3v) is 8.49. The van der Waals surface area contributed by atoms with Gasteiger partial charge in [-0.05, 0) is 24.0 Å². The number of hydrogen-bond donors (Lipinski definition) is 6. The molecule has 1 amide bonds. The van der Waals surface area contributed by atoms with E-state index in [-0.39, 0.29) is 37.3 Å². The number of nitrogens with two attached hydrogens (primary N) is 1. The van der Waals surface area contributed by atoms with Gasteiger partial charge >= 0.3 is 0 Å². The van der Waals surface area contributed by atoms with Gasteiger partial charge in [0.1, 0.15) is 12.2 Å². The van der Waals surface area contributed by atoms with Crippen molar-refractivity contribution in [3.8, 4) is 0 Å². The molecule has 1 aliphatic heterocycles. The van der Waals surface area contributed by atoms with Crippen LogP contribution in [0.1, 0.15) is 42.3 Å². The van der Waals surface area contributed by atoms with Gasteiger partial charge in [-0.3, -0.25) is 4.79 Å². The van der Waals surface area contributed by atoms with Crippen molar-refractivity contribution in [3.05, 3.63) is 78.1 Å². The molecule has 4 aromatic rings. The molecular weight excluding hydrogens is 548 g/mol. The van der Waals surface area contributed by atoms with Crippen molar-refractivity contribution in [1.82, 2.24) is 24.8 Å². The highest BCUT2D eigenvalue weighted by atomic mass is 16.3. The van der Waals surface area contributed by atoms with Gasteiger partial charge in [-0.25, -0.2) is 4.98 Å². The summed E-state index contributed by atoms with van der Waals surface area (Å²) >= 11 is 0. The highest BCUT2D eigenvalue weighted by Gasteiger charge is 2.44. The summed E-state index contributed by atoms with van der Waals surface area (Å²) < 4.78 is 1.76. The van der Waals surface area contributed by atoms with Crippen LogP contribution in [0.3, 0.4) is 0 Å². The predicted molar refractivity (Wildman–Crippen MR) is 163 cm³/mol. The molecule has 2 fully saturated rings. The minimum Gasteiger partial charge on any atom is -0.396 e. The van der Waals surface area contributed by atoms with Crippen molar-refractivity contribution in [2.45, 2.75) is 55.5 Å². The first-order valence-corrected chi connectivity index (χ1v) is 14.8. The third kappa shape index (κ3) is 6.04. The topological polar surface area (TPSA) is 175 Å². The number of aliphatic hydroxyl groups is 3. The van der Waals surface area contributed by atoms with Gasteiger partial charge in [0.25, 0.3) is 0 Å². The number of nitrogens with one attached hydrogen (secondary N) is 2. The lowest BCUT2D eigenvalue weighted by atomic mass is 9.91. The standard InChI is InChI=1S/C31H38N8O4/c32-21-11-13-38(17-21)31-36-29(33-16-22(19-7-3-1-4-8-19)20-9-5-2-6-10-20)26-30(37-31)39(18-34-26)24-15-23(27(42)28(24)43)35-25(41)12-14-40/h1-10,18,21-24,27-28,40,42-43H,11-17,32H2,(H,35,41)(H,33,36,37)/t21?,23-,24+,27+,28-/m0/s1. The zero-order valence-corrected chi connectivity index (χ0v) is 23.8. The molecular formula is C31H38N8O4. The van der Waals surface area contributed by atoms with E-state index >= 15 is 0 Å². The van der Waals surface area contributed by atoms with Crippen LogP contribution in [0.4, 0.5) is 11.8 Å². The number of amides is 1. The minimum atomic E-state index is -1.18. The van der Waals surface area contributed by atoms with Gasteiger partial charge in [-0.15, -0.1) is 0 Å². The Labute approximate surface area is 249 Å². The molecule has 12 heteroatoms. The van der Waals surface area contributed by atoms with Crippen LogP contribution >= 0.6 is 0 Å². The SMILES string of the molecule is NC1CCN(c2nc(NCC(c3ccccc3)c3ccccc3)c3ncn([C@@H]4C[C@H](NC(=O)CCO)[C@@H](O)[C@H]4O)c3n2)C1. The van der Waals surface area contributed by atoms with Crippen molar-refractivity contribution in [2.24, 2.45) is 5.73 Å². The van der Waals surface area contributed by atoms with Gasteiger partial charge in [-0.1, -0.05) is 60.7 Å². The summed E-state index contributed by atoms with van der Waals surface area (Å²) in [5.41, 5.74) is 9.61. The quantitative estimate of drug-likeness (QED) is 0.158. The molecule has 1 saturated heterocycles. The van der Waals surface area contributed by atoms with Crippen molar-refractivity contribution in [1.29, 1.82) is 0 Å². The fourth-order valence-corrected chi connectivity index (χ4v) is 6.19. The monoisotopic (exact) mass is 586 g/mol. The van der Waals surface area contributed by atoms with E-state index in [1.807, 2.05) is 36.4 Å². The van der Waals surface area contributed by atoms with Gasteiger partial charge in [0, 0.05) is 38.0 Å². The van der Waals surface area contributed by atoms with E-state index in [0.29, 0.717) is 36.0 Å². The maximum Gasteiger partial charge on any atom is 0.229 e. The molecule has 43 heavy (non-hydrogen) atoms. The molecule has 5 atom stereocenters. The molecule has 12 nitrogen and oxygen atoms in total. The second-order valence-corrected chi connectivity index (χ2v) is 11.4.